The van der Waals surface area contributed by atoms with Crippen molar-refractivity contribution in [2.75, 3.05) is 0 Å². The molecule has 0 spiro atoms. The van der Waals surface area contributed by atoms with Gasteiger partial charge in [0.15, 0.2) is 9.95 Å². The SMILES string of the molecule is N#[N+]c1ccc(Oc2ccc([N+]#N)cc2)cc1.[Cl-].[Cl-]. The van der Waals surface area contributed by atoms with Crippen LogP contribution in [0.3, 0.4) is 0 Å². The maximum absolute atomic E-state index is 8.53. The largest absolute Gasteiger partial charge is 1.00 e. The molecule has 0 heterocycles. The maximum atomic E-state index is 8.53. The lowest BCUT2D eigenvalue weighted by Gasteiger charge is -2.02. The lowest BCUT2D eigenvalue weighted by molar-refractivity contribution is -0.001000. The molecule has 5 nitrogen and oxygen atoms in total. The predicted molar refractivity (Wildman–Crippen MR) is 62.4 cm³/mol. The van der Waals surface area contributed by atoms with E-state index in [0.29, 0.717) is 22.9 Å². The normalized spacial score (nSPS) is 8.11. The van der Waals surface area contributed by atoms with E-state index in [-0.39, 0.29) is 24.8 Å². The van der Waals surface area contributed by atoms with Crippen LogP contribution in [0.25, 0.3) is 9.95 Å². The molecule has 96 valence electrons. The van der Waals surface area contributed by atoms with Crippen LogP contribution in [-0.2, 0) is 0 Å². The average molecular weight is 295 g/mol. The summed E-state index contributed by atoms with van der Waals surface area (Å²) in [6.07, 6.45) is 0. The Morgan fingerprint density at radius 2 is 0.947 bits per heavy atom. The highest BCUT2D eigenvalue weighted by molar-refractivity contribution is 5.49. The molecule has 2 rings (SSSR count). The quantitative estimate of drug-likeness (QED) is 0.631. The molecule has 0 N–H and O–H groups in total. The summed E-state index contributed by atoms with van der Waals surface area (Å²) >= 11 is 0. The van der Waals surface area contributed by atoms with Crippen LogP contribution in [0.2, 0.25) is 0 Å². The molecule has 7 heteroatoms. The fraction of sp³-hybridized carbons (Fsp3) is 0. The molecule has 0 saturated heterocycles. The highest BCUT2D eigenvalue weighted by Gasteiger charge is 2.06. The zero-order chi connectivity index (χ0) is 12.1. The van der Waals surface area contributed by atoms with Gasteiger partial charge in [-0.2, -0.15) is 0 Å². The van der Waals surface area contributed by atoms with E-state index in [9.17, 15) is 0 Å². The van der Waals surface area contributed by atoms with E-state index in [1.807, 2.05) is 0 Å². The zero-order valence-corrected chi connectivity index (χ0v) is 11.1. The van der Waals surface area contributed by atoms with Crippen LogP contribution in [0, 0.1) is 10.8 Å². The van der Waals surface area contributed by atoms with E-state index in [2.05, 4.69) is 9.95 Å². The number of hydrogen-bond donors (Lipinski definition) is 0. The van der Waals surface area contributed by atoms with Crippen molar-refractivity contribution in [1.82, 2.24) is 0 Å². The molecule has 19 heavy (non-hydrogen) atoms. The summed E-state index contributed by atoms with van der Waals surface area (Å²) in [5.74, 6) is 1.26. The number of nitrogens with zero attached hydrogens (tertiary/aromatic N) is 4. The molecule has 2 aromatic rings. The molecule has 0 saturated carbocycles. The maximum Gasteiger partial charge on any atom is 0.385 e. The second-order valence-electron chi connectivity index (χ2n) is 3.29. The summed E-state index contributed by atoms with van der Waals surface area (Å²) in [5, 5.41) is 17.1. The Hall–Kier alpha value is -2.34. The first-order valence-corrected chi connectivity index (χ1v) is 4.90. The van der Waals surface area contributed by atoms with Crippen molar-refractivity contribution in [3.05, 3.63) is 58.5 Å². The third-order valence-corrected chi connectivity index (χ3v) is 2.14. The van der Waals surface area contributed by atoms with E-state index in [4.69, 9.17) is 15.5 Å². The van der Waals surface area contributed by atoms with E-state index >= 15 is 0 Å². The van der Waals surface area contributed by atoms with Crippen molar-refractivity contribution in [2.45, 2.75) is 0 Å². The Balaban J connectivity index is 0.00000162. The summed E-state index contributed by atoms with van der Waals surface area (Å²) in [5.41, 5.74) is 0.929. The monoisotopic (exact) mass is 294 g/mol. The summed E-state index contributed by atoms with van der Waals surface area (Å²) in [6.45, 7) is 0. The van der Waals surface area contributed by atoms with Crippen LogP contribution in [0.5, 0.6) is 11.5 Å². The number of diazo groups is 2. The molecule has 0 aromatic heterocycles. The molecule has 2 aromatic carbocycles. The van der Waals surface area contributed by atoms with Gasteiger partial charge in [-0.25, -0.2) is 0 Å². The minimum Gasteiger partial charge on any atom is -1.00 e. The van der Waals surface area contributed by atoms with Crippen molar-refractivity contribution in [1.29, 1.82) is 10.8 Å². The van der Waals surface area contributed by atoms with E-state index < -0.39 is 0 Å². The molecule has 0 amide bonds. The molecular formula is C12H8Cl2N4O. The standard InChI is InChI=1S/C12H8N4O.2ClH/c13-15-9-1-5-11(6-2-9)17-12-7-3-10(16-14)4-8-12;;/h1-8H;2*1H/q+2;;/p-2. The zero-order valence-electron chi connectivity index (χ0n) is 9.57. The first-order chi connectivity index (χ1) is 8.31. The molecule has 0 atom stereocenters. The van der Waals surface area contributed by atoms with E-state index in [1.54, 1.807) is 48.5 Å². The van der Waals surface area contributed by atoms with E-state index in [1.165, 1.54) is 0 Å². The van der Waals surface area contributed by atoms with Gasteiger partial charge >= 0.3 is 11.4 Å². The molecule has 0 unspecified atom stereocenters. The van der Waals surface area contributed by atoms with Crippen LogP contribution in [-0.4, -0.2) is 0 Å². The summed E-state index contributed by atoms with van der Waals surface area (Å²) in [7, 11) is 0. The second kappa shape index (κ2) is 7.88. The minimum absolute atomic E-state index is 0. The van der Waals surface area contributed by atoms with Gasteiger partial charge in [0.05, 0.1) is 0 Å². The van der Waals surface area contributed by atoms with Gasteiger partial charge in [0.2, 0.25) is 10.8 Å². The van der Waals surface area contributed by atoms with Crippen molar-refractivity contribution in [3.8, 4) is 11.5 Å². The first kappa shape index (κ1) is 16.7. The molecular weight excluding hydrogens is 287 g/mol. The van der Waals surface area contributed by atoms with Crippen molar-refractivity contribution < 1.29 is 29.6 Å². The lowest BCUT2D eigenvalue weighted by Crippen LogP contribution is -3.00. The van der Waals surface area contributed by atoms with Crippen molar-refractivity contribution in [2.24, 2.45) is 0 Å². The van der Waals surface area contributed by atoms with Gasteiger partial charge in [-0.3, -0.25) is 0 Å². The number of benzene rings is 2. The number of ether oxygens (including phenoxy) is 1. The van der Waals surface area contributed by atoms with Crippen molar-refractivity contribution in [3.63, 3.8) is 0 Å². The Morgan fingerprint density at radius 1 is 0.632 bits per heavy atom. The van der Waals surface area contributed by atoms with Gasteiger partial charge in [0.1, 0.15) is 11.5 Å². The van der Waals surface area contributed by atoms with Crippen LogP contribution in [0.4, 0.5) is 11.4 Å². The van der Waals surface area contributed by atoms with Gasteiger partial charge in [-0.1, -0.05) is 0 Å². The van der Waals surface area contributed by atoms with Gasteiger partial charge in [-0.15, -0.1) is 0 Å². The average Bonchev–Trinajstić information content (AvgIpc) is 2.40. The molecule has 0 aliphatic heterocycles. The predicted octanol–water partition coefficient (Wildman–Crippen LogP) is -1.54. The number of hydrogen-bond acceptors (Lipinski definition) is 3. The highest BCUT2D eigenvalue weighted by Crippen LogP contribution is 2.25. The Bertz CT molecular complexity index is 544. The second-order valence-corrected chi connectivity index (χ2v) is 3.29. The fourth-order valence-corrected chi connectivity index (χ4v) is 1.30. The molecule has 0 fully saturated rings. The molecule has 0 bridgehead atoms. The van der Waals surface area contributed by atoms with Gasteiger partial charge in [-0.05, 0) is 24.3 Å². The fourth-order valence-electron chi connectivity index (χ4n) is 1.30. The van der Waals surface area contributed by atoms with Crippen LogP contribution >= 0.6 is 0 Å². The third kappa shape index (κ3) is 4.44. The van der Waals surface area contributed by atoms with Gasteiger partial charge in [0, 0.05) is 24.3 Å². The first-order valence-electron chi connectivity index (χ1n) is 4.90. The topological polar surface area (TPSA) is 65.5 Å². The van der Waals surface area contributed by atoms with Crippen LogP contribution < -0.4 is 29.6 Å². The van der Waals surface area contributed by atoms with E-state index in [0.717, 1.165) is 0 Å². The Morgan fingerprint density at radius 3 is 1.21 bits per heavy atom. The molecule has 0 aliphatic rings. The lowest BCUT2D eigenvalue weighted by atomic mass is 10.3. The minimum atomic E-state index is 0. The van der Waals surface area contributed by atoms with Crippen LogP contribution in [0.15, 0.2) is 48.5 Å². The Labute approximate surface area is 122 Å². The third-order valence-electron chi connectivity index (χ3n) is 2.14. The smallest absolute Gasteiger partial charge is 0.385 e. The van der Waals surface area contributed by atoms with Crippen LogP contribution in [0.1, 0.15) is 0 Å². The molecule has 0 radical (unpaired) electrons. The Kier molecular flexibility index (Phi) is 6.91. The highest BCUT2D eigenvalue weighted by atomic mass is 35.5. The number of halogens is 2. The van der Waals surface area contributed by atoms with Gasteiger partial charge < -0.3 is 29.6 Å². The van der Waals surface area contributed by atoms with Gasteiger partial charge in [0.25, 0.3) is 0 Å². The summed E-state index contributed by atoms with van der Waals surface area (Å²) < 4.78 is 5.53. The summed E-state index contributed by atoms with van der Waals surface area (Å²) in [4.78, 5) is 6.09. The summed E-state index contributed by atoms with van der Waals surface area (Å²) in [6, 6.07) is 13.3. The van der Waals surface area contributed by atoms with Crippen molar-refractivity contribution >= 4 is 11.4 Å². The molecule has 0 aliphatic carbocycles. The number of rotatable bonds is 2.